The van der Waals surface area contributed by atoms with Crippen molar-refractivity contribution in [3.8, 4) is 0 Å². The van der Waals surface area contributed by atoms with Crippen LogP contribution in [0.2, 0.25) is 0 Å². The topological polar surface area (TPSA) is 112 Å². The van der Waals surface area contributed by atoms with Gasteiger partial charge >= 0.3 is 0 Å². The van der Waals surface area contributed by atoms with Crippen LogP contribution in [0.1, 0.15) is 33.6 Å². The number of sulfone groups is 1. The van der Waals surface area contributed by atoms with Crippen molar-refractivity contribution in [2.24, 2.45) is 10.9 Å². The summed E-state index contributed by atoms with van der Waals surface area (Å²) >= 11 is 0. The molecule has 2 fully saturated rings. The SMILES string of the molecule is CCNC(=NCC(C(C)C)N1CCOCC1)NCCC(=O)NC1CCS(=O)(=O)C1.I. The maximum absolute atomic E-state index is 12.1. The van der Waals surface area contributed by atoms with Crippen LogP contribution in [0.15, 0.2) is 4.99 Å². The smallest absolute Gasteiger partial charge is 0.222 e. The molecule has 2 aliphatic heterocycles. The molecule has 2 unspecified atom stereocenters. The zero-order chi connectivity index (χ0) is 21.3. The minimum atomic E-state index is -2.99. The van der Waals surface area contributed by atoms with E-state index in [0.717, 1.165) is 32.8 Å². The largest absolute Gasteiger partial charge is 0.379 e. The van der Waals surface area contributed by atoms with Gasteiger partial charge in [0.25, 0.3) is 0 Å². The summed E-state index contributed by atoms with van der Waals surface area (Å²) in [6.45, 7) is 11.7. The minimum absolute atomic E-state index is 0. The molecule has 2 atom stereocenters. The van der Waals surface area contributed by atoms with Gasteiger partial charge in [0.1, 0.15) is 0 Å². The summed E-state index contributed by atoms with van der Waals surface area (Å²) in [4.78, 5) is 19.3. The van der Waals surface area contributed by atoms with E-state index in [2.05, 4.69) is 34.7 Å². The van der Waals surface area contributed by atoms with Crippen LogP contribution in [0.3, 0.4) is 0 Å². The number of hydrogen-bond acceptors (Lipinski definition) is 6. The molecule has 0 radical (unpaired) electrons. The predicted molar refractivity (Wildman–Crippen MR) is 130 cm³/mol. The third-order valence-corrected chi connectivity index (χ3v) is 7.07. The summed E-state index contributed by atoms with van der Waals surface area (Å²) in [6, 6.07) is 0.0942. The van der Waals surface area contributed by atoms with Gasteiger partial charge in [-0.25, -0.2) is 8.42 Å². The molecule has 3 N–H and O–H groups in total. The molecule has 2 saturated heterocycles. The van der Waals surface area contributed by atoms with Crippen LogP contribution < -0.4 is 16.0 Å². The Morgan fingerprint density at radius 2 is 1.93 bits per heavy atom. The minimum Gasteiger partial charge on any atom is -0.379 e. The number of guanidine groups is 1. The molecule has 0 aliphatic carbocycles. The summed E-state index contributed by atoms with van der Waals surface area (Å²) in [6.07, 6.45) is 0.780. The van der Waals surface area contributed by atoms with Crippen LogP contribution in [-0.2, 0) is 19.4 Å². The van der Waals surface area contributed by atoms with Crippen LogP contribution in [-0.4, -0.2) is 94.7 Å². The van der Waals surface area contributed by atoms with Gasteiger partial charge < -0.3 is 20.7 Å². The summed E-state index contributed by atoms with van der Waals surface area (Å²) in [5, 5.41) is 9.24. The molecular formula is C19H38IN5O4S. The molecule has 0 aromatic heterocycles. The summed E-state index contributed by atoms with van der Waals surface area (Å²) in [5.41, 5.74) is 0. The Morgan fingerprint density at radius 3 is 2.50 bits per heavy atom. The molecule has 11 heteroatoms. The van der Waals surface area contributed by atoms with Gasteiger partial charge in [-0.1, -0.05) is 13.8 Å². The van der Waals surface area contributed by atoms with Crippen molar-refractivity contribution >= 4 is 45.7 Å². The normalized spacial score (nSPS) is 22.9. The predicted octanol–water partition coefficient (Wildman–Crippen LogP) is 0.210. The molecule has 0 aromatic carbocycles. The second-order valence-electron chi connectivity index (χ2n) is 8.02. The number of amides is 1. The average molecular weight is 560 g/mol. The molecule has 2 rings (SSSR count). The lowest BCUT2D eigenvalue weighted by Crippen LogP contribution is -2.48. The molecule has 2 heterocycles. The van der Waals surface area contributed by atoms with E-state index in [1.54, 1.807) is 0 Å². The fourth-order valence-electron chi connectivity index (χ4n) is 3.69. The number of ether oxygens (including phenoxy) is 1. The van der Waals surface area contributed by atoms with Crippen molar-refractivity contribution in [2.45, 2.75) is 45.7 Å². The van der Waals surface area contributed by atoms with Crippen LogP contribution in [0, 0.1) is 5.92 Å². The van der Waals surface area contributed by atoms with Crippen molar-refractivity contribution in [1.82, 2.24) is 20.9 Å². The van der Waals surface area contributed by atoms with E-state index in [-0.39, 0.29) is 53.9 Å². The first-order valence-corrected chi connectivity index (χ1v) is 12.5. The van der Waals surface area contributed by atoms with E-state index >= 15 is 0 Å². The first kappa shape index (κ1) is 27.4. The third kappa shape index (κ3) is 9.65. The van der Waals surface area contributed by atoms with Crippen LogP contribution in [0.4, 0.5) is 0 Å². The van der Waals surface area contributed by atoms with Crippen LogP contribution in [0.5, 0.6) is 0 Å². The van der Waals surface area contributed by atoms with Crippen LogP contribution >= 0.6 is 24.0 Å². The van der Waals surface area contributed by atoms with Gasteiger partial charge in [-0.2, -0.15) is 0 Å². The van der Waals surface area contributed by atoms with E-state index in [1.165, 1.54) is 0 Å². The van der Waals surface area contributed by atoms with Crippen LogP contribution in [0.25, 0.3) is 0 Å². The van der Waals surface area contributed by atoms with Crippen molar-refractivity contribution in [3.05, 3.63) is 0 Å². The van der Waals surface area contributed by atoms with Crippen molar-refractivity contribution in [2.75, 3.05) is 57.4 Å². The second kappa shape index (κ2) is 13.7. The highest BCUT2D eigenvalue weighted by Gasteiger charge is 2.28. The van der Waals surface area contributed by atoms with Crippen molar-refractivity contribution in [1.29, 1.82) is 0 Å². The zero-order valence-electron chi connectivity index (χ0n) is 18.4. The highest BCUT2D eigenvalue weighted by Crippen LogP contribution is 2.13. The fraction of sp³-hybridized carbons (Fsp3) is 0.895. The average Bonchev–Trinajstić information content (AvgIpc) is 3.00. The number of rotatable bonds is 9. The quantitative estimate of drug-likeness (QED) is 0.211. The number of carbonyl (C=O) groups is 1. The summed E-state index contributed by atoms with van der Waals surface area (Å²) < 4.78 is 28.4. The third-order valence-electron chi connectivity index (χ3n) is 5.31. The maximum Gasteiger partial charge on any atom is 0.222 e. The van der Waals surface area contributed by atoms with E-state index in [1.807, 2.05) is 6.92 Å². The standard InChI is InChI=1S/C19H37N5O4S.HI/c1-4-20-19(22-13-17(15(2)3)24-8-10-28-11-9-24)21-7-5-18(25)23-16-6-12-29(26,27)14-16;/h15-17H,4-14H2,1-3H3,(H,23,25)(H2,20,21,22);1H. The number of morpholine rings is 1. The summed E-state index contributed by atoms with van der Waals surface area (Å²) in [7, 11) is -2.99. The lowest BCUT2D eigenvalue weighted by molar-refractivity contribution is -0.121. The van der Waals surface area contributed by atoms with Gasteiger partial charge in [-0.3, -0.25) is 14.7 Å². The molecule has 0 saturated carbocycles. The fourth-order valence-corrected chi connectivity index (χ4v) is 5.36. The molecule has 0 spiro atoms. The van der Waals surface area contributed by atoms with Gasteiger partial charge in [0.05, 0.1) is 31.3 Å². The first-order valence-electron chi connectivity index (χ1n) is 10.6. The second-order valence-corrected chi connectivity index (χ2v) is 10.3. The molecule has 9 nitrogen and oxygen atoms in total. The lowest BCUT2D eigenvalue weighted by atomic mass is 10.0. The highest BCUT2D eigenvalue weighted by atomic mass is 127. The Bertz CT molecular complexity index is 653. The molecule has 0 bridgehead atoms. The van der Waals surface area contributed by atoms with Gasteiger partial charge in [0, 0.05) is 44.7 Å². The Balaban J connectivity index is 0.00000450. The number of nitrogens with zero attached hydrogens (tertiary/aromatic N) is 2. The monoisotopic (exact) mass is 559 g/mol. The highest BCUT2D eigenvalue weighted by molar-refractivity contribution is 14.0. The van der Waals surface area contributed by atoms with Crippen molar-refractivity contribution in [3.63, 3.8) is 0 Å². The number of hydrogen-bond donors (Lipinski definition) is 3. The Hall–Kier alpha value is -0.660. The lowest BCUT2D eigenvalue weighted by Gasteiger charge is -2.36. The Kier molecular flexibility index (Phi) is 12.5. The van der Waals surface area contributed by atoms with Gasteiger partial charge in [-0.05, 0) is 19.3 Å². The van der Waals surface area contributed by atoms with Crippen molar-refractivity contribution < 1.29 is 17.9 Å². The number of nitrogens with one attached hydrogen (secondary N) is 3. The Labute approximate surface area is 198 Å². The summed E-state index contributed by atoms with van der Waals surface area (Å²) in [5.74, 6) is 1.25. The molecule has 1 amide bonds. The zero-order valence-corrected chi connectivity index (χ0v) is 21.5. The molecule has 2 aliphatic rings. The number of carbonyl (C=O) groups excluding carboxylic acids is 1. The van der Waals surface area contributed by atoms with E-state index in [9.17, 15) is 13.2 Å². The van der Waals surface area contributed by atoms with Gasteiger partial charge in [-0.15, -0.1) is 24.0 Å². The molecule has 0 aromatic rings. The van der Waals surface area contributed by atoms with E-state index in [4.69, 9.17) is 9.73 Å². The number of halogens is 1. The number of aliphatic imine (C=N–C) groups is 1. The molecular weight excluding hydrogens is 521 g/mol. The molecule has 30 heavy (non-hydrogen) atoms. The van der Waals surface area contributed by atoms with E-state index < -0.39 is 9.84 Å². The van der Waals surface area contributed by atoms with Gasteiger partial charge in [0.2, 0.25) is 5.91 Å². The maximum atomic E-state index is 12.1. The van der Waals surface area contributed by atoms with E-state index in [0.29, 0.717) is 37.4 Å². The first-order chi connectivity index (χ1) is 13.8. The van der Waals surface area contributed by atoms with Gasteiger partial charge in [0.15, 0.2) is 15.8 Å². The Morgan fingerprint density at radius 1 is 1.23 bits per heavy atom. The molecule has 176 valence electrons.